The van der Waals surface area contributed by atoms with Crippen LogP contribution < -0.4 is 5.73 Å². The fourth-order valence-electron chi connectivity index (χ4n) is 1.20. The Morgan fingerprint density at radius 3 is 2.92 bits per heavy atom. The van der Waals surface area contributed by atoms with E-state index in [1.165, 1.54) is 0 Å². The second kappa shape index (κ2) is 5.62. The van der Waals surface area contributed by atoms with Crippen molar-refractivity contribution in [1.82, 2.24) is 4.98 Å². The quantitative estimate of drug-likeness (QED) is 0.769. The van der Waals surface area contributed by atoms with Crippen molar-refractivity contribution in [3.63, 3.8) is 0 Å². The summed E-state index contributed by atoms with van der Waals surface area (Å²) in [4.78, 5) is 4.22. The van der Waals surface area contributed by atoms with Crippen molar-refractivity contribution in [3.05, 3.63) is 11.6 Å². The van der Waals surface area contributed by atoms with Crippen LogP contribution in [0, 0.1) is 5.92 Å². The van der Waals surface area contributed by atoms with E-state index < -0.39 is 0 Å². The molecule has 1 aromatic rings. The molecule has 0 amide bonds. The molecule has 1 heterocycles. The molecule has 0 radical (unpaired) electrons. The van der Waals surface area contributed by atoms with Crippen LogP contribution in [0.2, 0.25) is 0 Å². The molecule has 74 valence electrons. The van der Waals surface area contributed by atoms with Crippen molar-refractivity contribution < 1.29 is 0 Å². The number of aromatic nitrogens is 1. The summed E-state index contributed by atoms with van der Waals surface area (Å²) in [7, 11) is 0. The van der Waals surface area contributed by atoms with Crippen LogP contribution in [0.25, 0.3) is 0 Å². The minimum Gasteiger partial charge on any atom is -0.328 e. The SMILES string of the molecule is CC(N)C[C@@H](C)CSc1nccs1. The number of thioether (sulfide) groups is 1. The van der Waals surface area contributed by atoms with Gasteiger partial charge in [0.2, 0.25) is 0 Å². The van der Waals surface area contributed by atoms with E-state index in [9.17, 15) is 0 Å². The van der Waals surface area contributed by atoms with Gasteiger partial charge in [0.05, 0.1) is 0 Å². The standard InChI is InChI=1S/C9H16N2S2/c1-7(5-8(2)10)6-13-9-11-3-4-12-9/h3-4,7-8H,5-6,10H2,1-2H3/t7-,8?/m1/s1. The topological polar surface area (TPSA) is 38.9 Å². The molecule has 0 aromatic carbocycles. The van der Waals surface area contributed by atoms with Crippen molar-refractivity contribution in [2.45, 2.75) is 30.6 Å². The van der Waals surface area contributed by atoms with Crippen molar-refractivity contribution >= 4 is 23.1 Å². The van der Waals surface area contributed by atoms with Crippen LogP contribution in [0.3, 0.4) is 0 Å². The molecule has 2 atom stereocenters. The smallest absolute Gasteiger partial charge is 0.149 e. The first-order valence-electron chi connectivity index (χ1n) is 4.46. The highest BCUT2D eigenvalue weighted by molar-refractivity contribution is 8.01. The van der Waals surface area contributed by atoms with Crippen molar-refractivity contribution in [3.8, 4) is 0 Å². The van der Waals surface area contributed by atoms with Gasteiger partial charge in [0.25, 0.3) is 0 Å². The first-order chi connectivity index (χ1) is 6.18. The van der Waals surface area contributed by atoms with Crippen LogP contribution in [-0.2, 0) is 0 Å². The van der Waals surface area contributed by atoms with Gasteiger partial charge in [-0.2, -0.15) is 0 Å². The Hall–Kier alpha value is -0.0600. The van der Waals surface area contributed by atoms with Crippen LogP contribution >= 0.6 is 23.1 Å². The van der Waals surface area contributed by atoms with E-state index in [1.54, 1.807) is 11.3 Å². The Bertz CT molecular complexity index is 222. The molecule has 0 bridgehead atoms. The van der Waals surface area contributed by atoms with Crippen molar-refractivity contribution in [1.29, 1.82) is 0 Å². The maximum absolute atomic E-state index is 5.72. The first kappa shape index (κ1) is 11.0. The summed E-state index contributed by atoms with van der Waals surface area (Å²) in [6, 6.07) is 0.312. The molecule has 0 saturated heterocycles. The lowest BCUT2D eigenvalue weighted by Gasteiger charge is -2.11. The van der Waals surface area contributed by atoms with Gasteiger partial charge in [0, 0.05) is 23.4 Å². The number of hydrogen-bond donors (Lipinski definition) is 1. The van der Waals surface area contributed by atoms with Crippen molar-refractivity contribution in [2.75, 3.05) is 5.75 Å². The minimum atomic E-state index is 0.312. The van der Waals surface area contributed by atoms with Gasteiger partial charge in [0.15, 0.2) is 0 Å². The predicted molar refractivity (Wildman–Crippen MR) is 60.3 cm³/mol. The molecule has 1 aromatic heterocycles. The molecule has 1 rings (SSSR count). The average Bonchev–Trinajstić information content (AvgIpc) is 2.51. The molecule has 4 heteroatoms. The number of thiazole rings is 1. The van der Waals surface area contributed by atoms with Gasteiger partial charge in [-0.05, 0) is 19.3 Å². The highest BCUT2D eigenvalue weighted by Gasteiger charge is 2.06. The third-order valence-electron chi connectivity index (χ3n) is 1.68. The summed E-state index contributed by atoms with van der Waals surface area (Å²) in [5, 5.41) is 2.01. The summed E-state index contributed by atoms with van der Waals surface area (Å²) in [6.07, 6.45) is 2.95. The maximum atomic E-state index is 5.72. The summed E-state index contributed by atoms with van der Waals surface area (Å²) < 4.78 is 1.16. The second-order valence-electron chi connectivity index (χ2n) is 3.43. The molecule has 2 N–H and O–H groups in total. The predicted octanol–water partition coefficient (Wildman–Crippen LogP) is 2.61. The largest absolute Gasteiger partial charge is 0.328 e. The number of hydrogen-bond acceptors (Lipinski definition) is 4. The molecule has 13 heavy (non-hydrogen) atoms. The Kier molecular flexibility index (Phi) is 4.77. The second-order valence-corrected chi connectivity index (χ2v) is 5.59. The maximum Gasteiger partial charge on any atom is 0.149 e. The normalized spacial score (nSPS) is 15.6. The number of nitrogens with zero attached hydrogens (tertiary/aromatic N) is 1. The summed E-state index contributed by atoms with van der Waals surface area (Å²) in [5.41, 5.74) is 5.72. The third kappa shape index (κ3) is 4.64. The summed E-state index contributed by atoms with van der Waals surface area (Å²) >= 11 is 3.53. The fourth-order valence-corrected chi connectivity index (χ4v) is 2.90. The summed E-state index contributed by atoms with van der Waals surface area (Å²) in [5.74, 6) is 1.80. The van der Waals surface area contributed by atoms with Gasteiger partial charge in [-0.15, -0.1) is 11.3 Å². The van der Waals surface area contributed by atoms with Gasteiger partial charge in [0.1, 0.15) is 4.34 Å². The van der Waals surface area contributed by atoms with Crippen LogP contribution in [0.4, 0.5) is 0 Å². The van der Waals surface area contributed by atoms with E-state index in [4.69, 9.17) is 5.73 Å². The zero-order valence-electron chi connectivity index (χ0n) is 8.06. The van der Waals surface area contributed by atoms with Crippen LogP contribution in [0.15, 0.2) is 15.9 Å². The minimum absolute atomic E-state index is 0.312. The van der Waals surface area contributed by atoms with Crippen LogP contribution in [-0.4, -0.2) is 16.8 Å². The molecular weight excluding hydrogens is 200 g/mol. The highest BCUT2D eigenvalue weighted by atomic mass is 32.2. The molecule has 0 saturated carbocycles. The van der Waals surface area contributed by atoms with E-state index >= 15 is 0 Å². The highest BCUT2D eigenvalue weighted by Crippen LogP contribution is 2.23. The van der Waals surface area contributed by atoms with Gasteiger partial charge in [-0.25, -0.2) is 4.98 Å². The van der Waals surface area contributed by atoms with E-state index in [0.29, 0.717) is 12.0 Å². The number of nitrogens with two attached hydrogens (primary N) is 1. The Morgan fingerprint density at radius 2 is 2.38 bits per heavy atom. The number of rotatable bonds is 5. The lowest BCUT2D eigenvalue weighted by Crippen LogP contribution is -2.19. The Labute approximate surface area is 87.9 Å². The van der Waals surface area contributed by atoms with Crippen LogP contribution in [0.5, 0.6) is 0 Å². The van der Waals surface area contributed by atoms with E-state index in [1.807, 2.05) is 23.3 Å². The zero-order chi connectivity index (χ0) is 9.68. The Morgan fingerprint density at radius 1 is 1.62 bits per heavy atom. The van der Waals surface area contributed by atoms with E-state index in [0.717, 1.165) is 16.5 Å². The van der Waals surface area contributed by atoms with Crippen molar-refractivity contribution in [2.24, 2.45) is 11.7 Å². The molecular formula is C9H16N2S2. The fraction of sp³-hybridized carbons (Fsp3) is 0.667. The molecule has 0 aliphatic rings. The average molecular weight is 216 g/mol. The molecule has 1 unspecified atom stereocenters. The van der Waals surface area contributed by atoms with Gasteiger partial charge in [-0.3, -0.25) is 0 Å². The third-order valence-corrected chi connectivity index (χ3v) is 3.97. The van der Waals surface area contributed by atoms with E-state index in [2.05, 4.69) is 18.8 Å². The van der Waals surface area contributed by atoms with Gasteiger partial charge >= 0.3 is 0 Å². The molecule has 0 spiro atoms. The lowest BCUT2D eigenvalue weighted by molar-refractivity contribution is 0.527. The first-order valence-corrected chi connectivity index (χ1v) is 6.33. The lowest BCUT2D eigenvalue weighted by atomic mass is 10.1. The zero-order valence-corrected chi connectivity index (χ0v) is 9.70. The molecule has 0 fully saturated rings. The van der Waals surface area contributed by atoms with Crippen LogP contribution in [0.1, 0.15) is 20.3 Å². The monoisotopic (exact) mass is 216 g/mol. The molecule has 0 aliphatic carbocycles. The molecule has 0 aliphatic heterocycles. The Balaban J connectivity index is 2.19. The van der Waals surface area contributed by atoms with E-state index in [-0.39, 0.29) is 0 Å². The molecule has 2 nitrogen and oxygen atoms in total. The summed E-state index contributed by atoms with van der Waals surface area (Å²) in [6.45, 7) is 4.30. The van der Waals surface area contributed by atoms with Gasteiger partial charge in [-0.1, -0.05) is 18.7 Å². The van der Waals surface area contributed by atoms with Gasteiger partial charge < -0.3 is 5.73 Å².